The molecule has 0 amide bonds. The van der Waals surface area contributed by atoms with E-state index in [1.54, 1.807) is 6.33 Å². The van der Waals surface area contributed by atoms with Crippen LogP contribution >= 0.6 is 0 Å². The van der Waals surface area contributed by atoms with E-state index in [9.17, 15) is 0 Å². The van der Waals surface area contributed by atoms with Gasteiger partial charge < -0.3 is 0 Å². The summed E-state index contributed by atoms with van der Waals surface area (Å²) in [5, 5.41) is 1.17. The maximum Gasteiger partial charge on any atom is 0.106 e. The molecule has 35 heavy (non-hydrogen) atoms. The minimum atomic E-state index is 0. The van der Waals surface area contributed by atoms with E-state index < -0.39 is 0 Å². The predicted octanol–water partition coefficient (Wildman–Crippen LogP) is 7.31. The van der Waals surface area contributed by atoms with Crippen LogP contribution in [0.5, 0.6) is 0 Å². The van der Waals surface area contributed by atoms with Crippen molar-refractivity contribution in [3.63, 3.8) is 0 Å². The first-order chi connectivity index (χ1) is 16.9. The molecule has 0 bridgehead atoms. The molecule has 6 aromatic rings. The summed E-state index contributed by atoms with van der Waals surface area (Å²) < 4.78 is 0. The van der Waals surface area contributed by atoms with Crippen molar-refractivity contribution in [3.8, 4) is 33.8 Å². The van der Waals surface area contributed by atoms with Crippen LogP contribution in [0.1, 0.15) is 0 Å². The van der Waals surface area contributed by atoms with Gasteiger partial charge in [0.2, 0.25) is 0 Å². The van der Waals surface area contributed by atoms with E-state index in [1.807, 2.05) is 109 Å². The monoisotopic (exact) mass is 628 g/mol. The van der Waals surface area contributed by atoms with Crippen LogP contribution < -0.4 is 0 Å². The van der Waals surface area contributed by atoms with E-state index in [0.29, 0.717) is 0 Å². The van der Waals surface area contributed by atoms with Crippen LogP contribution in [-0.2, 0) is 20.1 Å². The molecular weight excluding hydrogens is 607 g/mol. The fourth-order valence-electron chi connectivity index (χ4n) is 3.59. The molecule has 6 rings (SSSR count). The third-order valence-electron chi connectivity index (χ3n) is 5.31. The van der Waals surface area contributed by atoms with Crippen LogP contribution in [0.15, 0.2) is 128 Å². The van der Waals surface area contributed by atoms with Gasteiger partial charge in [0, 0.05) is 20.1 Å². The molecule has 0 aliphatic carbocycles. The number of pyridine rings is 1. The SMILES string of the molecule is [Ir].[c-]1ccccc1-c1cc(-c2ccccc2)ncn1.[c-]1ccccc1-c1ccc2ccccc2n1. The van der Waals surface area contributed by atoms with Gasteiger partial charge in [0.15, 0.2) is 0 Å². The van der Waals surface area contributed by atoms with Crippen LogP contribution in [0.25, 0.3) is 44.7 Å². The van der Waals surface area contributed by atoms with Gasteiger partial charge in [-0.05, 0) is 28.4 Å². The van der Waals surface area contributed by atoms with E-state index in [1.165, 1.54) is 5.39 Å². The maximum atomic E-state index is 4.61. The molecular formula is C31H21IrN3-2. The molecule has 4 aromatic carbocycles. The molecule has 0 spiro atoms. The van der Waals surface area contributed by atoms with Crippen molar-refractivity contribution < 1.29 is 20.1 Å². The van der Waals surface area contributed by atoms with Crippen molar-refractivity contribution in [3.05, 3.63) is 140 Å². The summed E-state index contributed by atoms with van der Waals surface area (Å²) in [4.78, 5) is 13.2. The summed E-state index contributed by atoms with van der Waals surface area (Å²) in [7, 11) is 0. The minimum absolute atomic E-state index is 0. The molecule has 4 heteroatoms. The Morgan fingerprint density at radius 2 is 1.14 bits per heavy atom. The van der Waals surface area contributed by atoms with E-state index >= 15 is 0 Å². The first-order valence-electron chi connectivity index (χ1n) is 11.0. The largest absolute Gasteiger partial charge is 0.296 e. The Bertz CT molecular complexity index is 1430. The first-order valence-corrected chi connectivity index (χ1v) is 11.0. The van der Waals surface area contributed by atoms with Gasteiger partial charge in [0.1, 0.15) is 6.33 Å². The molecule has 0 atom stereocenters. The van der Waals surface area contributed by atoms with Gasteiger partial charge in [-0.3, -0.25) is 9.97 Å². The Morgan fingerprint density at radius 1 is 0.514 bits per heavy atom. The van der Waals surface area contributed by atoms with E-state index in [-0.39, 0.29) is 20.1 Å². The summed E-state index contributed by atoms with van der Waals surface area (Å²) in [6.45, 7) is 0. The Balaban J connectivity index is 0.000000161. The third kappa shape index (κ3) is 6.13. The quantitative estimate of drug-likeness (QED) is 0.193. The maximum absolute atomic E-state index is 4.61. The number of nitrogens with zero attached hydrogens (tertiary/aromatic N) is 3. The number of hydrogen-bond acceptors (Lipinski definition) is 3. The zero-order valence-corrected chi connectivity index (χ0v) is 21.2. The average molecular weight is 628 g/mol. The van der Waals surface area contributed by atoms with E-state index in [2.05, 4.69) is 39.2 Å². The van der Waals surface area contributed by atoms with Crippen molar-refractivity contribution in [2.45, 2.75) is 0 Å². The van der Waals surface area contributed by atoms with Crippen molar-refractivity contribution in [2.75, 3.05) is 0 Å². The molecule has 0 saturated heterocycles. The molecule has 0 fully saturated rings. The molecule has 1 radical (unpaired) electrons. The fraction of sp³-hybridized carbons (Fsp3) is 0. The summed E-state index contributed by atoms with van der Waals surface area (Å²) in [5.74, 6) is 0. The summed E-state index contributed by atoms with van der Waals surface area (Å²) in [6.07, 6.45) is 1.60. The van der Waals surface area contributed by atoms with Crippen LogP contribution in [0.2, 0.25) is 0 Å². The smallest absolute Gasteiger partial charge is 0.106 e. The number of fused-ring (bicyclic) bond motifs is 1. The van der Waals surface area contributed by atoms with E-state index in [0.717, 1.165) is 39.3 Å². The molecule has 0 N–H and O–H groups in total. The van der Waals surface area contributed by atoms with Crippen molar-refractivity contribution in [2.24, 2.45) is 0 Å². The minimum Gasteiger partial charge on any atom is -0.296 e. The van der Waals surface area contributed by atoms with Crippen LogP contribution in [0, 0.1) is 12.1 Å². The number of para-hydroxylation sites is 1. The van der Waals surface area contributed by atoms with Gasteiger partial charge in [-0.1, -0.05) is 66.7 Å². The third-order valence-corrected chi connectivity index (χ3v) is 5.31. The Labute approximate surface area is 218 Å². The summed E-state index contributed by atoms with van der Waals surface area (Å²) >= 11 is 0. The van der Waals surface area contributed by atoms with Crippen molar-refractivity contribution in [1.82, 2.24) is 15.0 Å². The molecule has 2 aromatic heterocycles. The number of rotatable bonds is 3. The van der Waals surface area contributed by atoms with Gasteiger partial charge in [-0.2, -0.15) is 0 Å². The molecule has 0 aliphatic heterocycles. The second-order valence-electron chi connectivity index (χ2n) is 7.60. The number of hydrogen-bond donors (Lipinski definition) is 0. The van der Waals surface area contributed by atoms with Crippen molar-refractivity contribution in [1.29, 1.82) is 0 Å². The summed E-state index contributed by atoms with van der Waals surface area (Å²) in [6, 6.07) is 46.4. The van der Waals surface area contributed by atoms with Gasteiger partial charge in [-0.15, -0.1) is 71.8 Å². The van der Waals surface area contributed by atoms with Crippen molar-refractivity contribution >= 4 is 10.9 Å². The molecule has 0 saturated carbocycles. The van der Waals surface area contributed by atoms with Crippen LogP contribution in [0.3, 0.4) is 0 Å². The van der Waals surface area contributed by atoms with Gasteiger partial charge in [0.05, 0.1) is 11.2 Å². The van der Waals surface area contributed by atoms with Gasteiger partial charge in [-0.25, -0.2) is 4.98 Å². The predicted molar refractivity (Wildman–Crippen MR) is 138 cm³/mol. The van der Waals surface area contributed by atoms with Crippen LogP contribution in [-0.4, -0.2) is 15.0 Å². The second kappa shape index (κ2) is 11.9. The molecule has 0 aliphatic rings. The fourth-order valence-corrected chi connectivity index (χ4v) is 3.59. The van der Waals surface area contributed by atoms with Gasteiger partial charge in [0.25, 0.3) is 0 Å². The molecule has 2 heterocycles. The molecule has 0 unspecified atom stereocenters. The Kier molecular flexibility index (Phi) is 8.24. The van der Waals surface area contributed by atoms with Gasteiger partial charge >= 0.3 is 0 Å². The average Bonchev–Trinajstić information content (AvgIpc) is 2.95. The Morgan fingerprint density at radius 3 is 1.86 bits per heavy atom. The normalized spacial score (nSPS) is 10.1. The molecule has 171 valence electrons. The zero-order chi connectivity index (χ0) is 23.0. The van der Waals surface area contributed by atoms with Crippen LogP contribution in [0.4, 0.5) is 0 Å². The standard InChI is InChI=1S/C16H11N2.C15H10N.Ir/c1-3-7-13(8-4-1)15-11-16(18-12-17-15)14-9-5-2-6-10-14;1-2-6-12(7-3-1)15-11-10-13-8-4-5-9-14(13)16-15;/h1-9,11-12H;1-6,8-11H;/q2*-1;. The number of benzene rings is 4. The van der Waals surface area contributed by atoms with E-state index in [4.69, 9.17) is 0 Å². The molecule has 3 nitrogen and oxygen atoms in total. The first kappa shape index (κ1) is 24.2. The number of aromatic nitrogens is 3. The Hall–Kier alpha value is -3.98. The topological polar surface area (TPSA) is 38.7 Å². The summed E-state index contributed by atoms with van der Waals surface area (Å²) in [5.41, 5.74) is 6.93. The zero-order valence-electron chi connectivity index (χ0n) is 18.8. The second-order valence-corrected chi connectivity index (χ2v) is 7.60.